The van der Waals surface area contributed by atoms with Gasteiger partial charge in [-0.1, -0.05) is 0 Å². The van der Waals surface area contributed by atoms with Crippen molar-refractivity contribution in [3.05, 3.63) is 64.4 Å². The van der Waals surface area contributed by atoms with Crippen LogP contribution in [0, 0.1) is 0 Å². The van der Waals surface area contributed by atoms with E-state index >= 15 is 0 Å². The number of rotatable bonds is 8. The molecule has 0 spiro atoms. The molecule has 2 saturated heterocycles. The Labute approximate surface area is 231 Å². The van der Waals surface area contributed by atoms with E-state index in [0.29, 0.717) is 62.2 Å². The molecule has 2 amide bonds. The van der Waals surface area contributed by atoms with Gasteiger partial charge >= 0.3 is 0 Å². The summed E-state index contributed by atoms with van der Waals surface area (Å²) in [4.78, 5) is 57.3. The first-order valence-corrected chi connectivity index (χ1v) is 14.1. The predicted octanol–water partition coefficient (Wildman–Crippen LogP) is 3.27. The summed E-state index contributed by atoms with van der Waals surface area (Å²) in [6.45, 7) is 3.84. The number of ether oxygens (including phenoxy) is 1. The van der Waals surface area contributed by atoms with Crippen molar-refractivity contribution >= 4 is 34.9 Å². The van der Waals surface area contributed by atoms with Gasteiger partial charge in [-0.05, 0) is 43.2 Å². The Bertz CT molecular complexity index is 1280. The van der Waals surface area contributed by atoms with Crippen molar-refractivity contribution in [2.24, 2.45) is 0 Å². The van der Waals surface area contributed by atoms with Crippen molar-refractivity contribution in [3.8, 4) is 5.75 Å². The number of anilines is 1. The first-order chi connectivity index (χ1) is 19.0. The summed E-state index contributed by atoms with van der Waals surface area (Å²) >= 11 is 1.52. The molecule has 0 saturated carbocycles. The maximum absolute atomic E-state index is 13.1. The highest BCUT2D eigenvalue weighted by Crippen LogP contribution is 2.31. The molecule has 0 radical (unpaired) electrons. The van der Waals surface area contributed by atoms with Crippen LogP contribution in [-0.2, 0) is 4.79 Å². The Morgan fingerprint density at radius 1 is 0.923 bits per heavy atom. The second kappa shape index (κ2) is 12.3. The van der Waals surface area contributed by atoms with Crippen molar-refractivity contribution in [1.82, 2.24) is 24.8 Å². The van der Waals surface area contributed by atoms with Crippen molar-refractivity contribution in [1.29, 1.82) is 0 Å². The number of piperazine rings is 1. The van der Waals surface area contributed by atoms with Gasteiger partial charge in [-0.25, -0.2) is 15.0 Å². The summed E-state index contributed by atoms with van der Waals surface area (Å²) in [5, 5.41) is 2.81. The topological polar surface area (TPSA) is 109 Å². The molecule has 4 heterocycles. The molecule has 2 aliphatic rings. The van der Waals surface area contributed by atoms with Crippen LogP contribution in [0.3, 0.4) is 0 Å². The molecule has 0 atom stereocenters. The lowest BCUT2D eigenvalue weighted by Gasteiger charge is -2.34. The molecule has 0 unspecified atom stereocenters. The average molecular weight is 549 g/mol. The number of benzene rings is 1. The number of thiazole rings is 1. The van der Waals surface area contributed by atoms with Gasteiger partial charge in [-0.2, -0.15) is 0 Å². The minimum absolute atomic E-state index is 0.00497. The molecule has 3 aromatic rings. The molecule has 0 aliphatic carbocycles. The fourth-order valence-corrected chi connectivity index (χ4v) is 5.94. The van der Waals surface area contributed by atoms with Gasteiger partial charge in [-0.15, -0.1) is 11.3 Å². The smallest absolute Gasteiger partial charge is 0.273 e. The van der Waals surface area contributed by atoms with E-state index in [1.165, 1.54) is 11.3 Å². The van der Waals surface area contributed by atoms with Gasteiger partial charge < -0.3 is 19.4 Å². The first-order valence-electron chi connectivity index (χ1n) is 13.2. The molecular weight excluding hydrogens is 516 g/mol. The zero-order valence-electron chi connectivity index (χ0n) is 22.0. The maximum Gasteiger partial charge on any atom is 0.273 e. The van der Waals surface area contributed by atoms with E-state index < -0.39 is 0 Å². The molecule has 204 valence electrons. The third-order valence-corrected chi connectivity index (χ3v) is 8.32. The van der Waals surface area contributed by atoms with E-state index in [0.717, 1.165) is 17.8 Å². The third-order valence-electron chi connectivity index (χ3n) is 7.32. The van der Waals surface area contributed by atoms with E-state index in [-0.39, 0.29) is 36.4 Å². The molecule has 11 heteroatoms. The average Bonchev–Trinajstić information content (AvgIpc) is 3.50. The fraction of sp³-hybridized carbons (Fsp3) is 0.429. The SMILES string of the molecule is COc1ccc(C(=O)CCC(=O)N2CCC(c3nc(C(=O)N4CCN(c5ncccn5)CC4)cs3)CC2)cc1. The van der Waals surface area contributed by atoms with Gasteiger partial charge in [0.05, 0.1) is 12.1 Å². The largest absolute Gasteiger partial charge is 0.497 e. The van der Waals surface area contributed by atoms with Gasteiger partial charge in [-0.3, -0.25) is 14.4 Å². The summed E-state index contributed by atoms with van der Waals surface area (Å²) in [7, 11) is 1.58. The standard InChI is InChI=1S/C28H32N6O4S/c1-38-22-5-3-20(4-6-22)24(35)7-8-25(36)32-13-9-21(10-14-32)26-31-23(19-39-26)27(37)33-15-17-34(18-16-33)28-29-11-2-12-30-28/h2-6,11-12,19,21H,7-10,13-18H2,1H3. The van der Waals surface area contributed by atoms with E-state index in [1.807, 2.05) is 15.2 Å². The molecule has 0 N–H and O–H groups in total. The van der Waals surface area contributed by atoms with Gasteiger partial charge in [0.1, 0.15) is 11.4 Å². The van der Waals surface area contributed by atoms with Gasteiger partial charge in [0.15, 0.2) is 5.78 Å². The quantitative estimate of drug-likeness (QED) is 0.395. The Morgan fingerprint density at radius 3 is 2.28 bits per heavy atom. The van der Waals surface area contributed by atoms with Crippen LogP contribution in [0.2, 0.25) is 0 Å². The first kappa shape index (κ1) is 26.7. The van der Waals surface area contributed by atoms with E-state index in [9.17, 15) is 14.4 Å². The number of carbonyl (C=O) groups excluding carboxylic acids is 3. The lowest BCUT2D eigenvalue weighted by Crippen LogP contribution is -2.49. The second-order valence-electron chi connectivity index (χ2n) is 9.71. The van der Waals surface area contributed by atoms with Crippen LogP contribution in [0.1, 0.15) is 57.5 Å². The van der Waals surface area contributed by atoms with Crippen LogP contribution >= 0.6 is 11.3 Å². The third kappa shape index (κ3) is 6.42. The van der Waals surface area contributed by atoms with Crippen LogP contribution in [0.25, 0.3) is 0 Å². The molecule has 2 aromatic heterocycles. The number of Topliss-reactive ketones (excluding diaryl/α,β-unsaturated/α-hetero) is 1. The molecule has 2 aliphatic heterocycles. The van der Waals surface area contributed by atoms with Gasteiger partial charge in [0.2, 0.25) is 11.9 Å². The maximum atomic E-state index is 13.1. The van der Waals surface area contributed by atoms with Crippen molar-refractivity contribution in [3.63, 3.8) is 0 Å². The van der Waals surface area contributed by atoms with Crippen LogP contribution < -0.4 is 9.64 Å². The van der Waals surface area contributed by atoms with E-state index in [2.05, 4.69) is 14.9 Å². The molecule has 1 aromatic carbocycles. The fourth-order valence-electron chi connectivity index (χ4n) is 4.98. The molecule has 2 fully saturated rings. The van der Waals surface area contributed by atoms with E-state index in [1.54, 1.807) is 49.8 Å². The summed E-state index contributed by atoms with van der Waals surface area (Å²) in [6.07, 6.45) is 5.44. The number of piperidine rings is 1. The van der Waals surface area contributed by atoms with Crippen LogP contribution in [0.15, 0.2) is 48.1 Å². The molecule has 5 rings (SSSR count). The summed E-state index contributed by atoms with van der Waals surface area (Å²) in [6, 6.07) is 8.74. The molecule has 10 nitrogen and oxygen atoms in total. The van der Waals surface area contributed by atoms with Crippen LogP contribution in [0.4, 0.5) is 5.95 Å². The Balaban J connectivity index is 1.07. The minimum atomic E-state index is -0.0457. The number of nitrogens with zero attached hydrogens (tertiary/aromatic N) is 6. The zero-order chi connectivity index (χ0) is 27.2. The highest BCUT2D eigenvalue weighted by Gasteiger charge is 2.29. The van der Waals surface area contributed by atoms with E-state index in [4.69, 9.17) is 9.72 Å². The zero-order valence-corrected chi connectivity index (χ0v) is 22.8. The number of ketones is 1. The number of methoxy groups -OCH3 is 1. The number of carbonyl (C=O) groups is 3. The lowest BCUT2D eigenvalue weighted by atomic mass is 9.97. The number of hydrogen-bond acceptors (Lipinski definition) is 9. The second-order valence-corrected chi connectivity index (χ2v) is 10.6. The van der Waals surface area contributed by atoms with Crippen molar-refractivity contribution < 1.29 is 19.1 Å². The van der Waals surface area contributed by atoms with Crippen LogP contribution in [-0.4, -0.2) is 88.7 Å². The molecule has 39 heavy (non-hydrogen) atoms. The summed E-state index contributed by atoms with van der Waals surface area (Å²) < 4.78 is 5.13. The minimum Gasteiger partial charge on any atom is -0.497 e. The summed E-state index contributed by atoms with van der Waals surface area (Å²) in [5.41, 5.74) is 1.08. The Kier molecular flexibility index (Phi) is 8.45. The predicted molar refractivity (Wildman–Crippen MR) is 147 cm³/mol. The monoisotopic (exact) mass is 548 g/mol. The highest BCUT2D eigenvalue weighted by atomic mass is 32.1. The Morgan fingerprint density at radius 2 is 1.62 bits per heavy atom. The van der Waals surface area contributed by atoms with Crippen molar-refractivity contribution in [2.45, 2.75) is 31.6 Å². The highest BCUT2D eigenvalue weighted by molar-refractivity contribution is 7.09. The lowest BCUT2D eigenvalue weighted by molar-refractivity contribution is -0.132. The van der Waals surface area contributed by atoms with Crippen LogP contribution in [0.5, 0.6) is 5.75 Å². The molecular formula is C28H32N6O4S. The van der Waals surface area contributed by atoms with Gasteiger partial charge in [0.25, 0.3) is 5.91 Å². The van der Waals surface area contributed by atoms with Crippen molar-refractivity contribution in [2.75, 3.05) is 51.3 Å². The number of likely N-dealkylation sites (tertiary alicyclic amines) is 1. The van der Waals surface area contributed by atoms with Gasteiger partial charge in [0, 0.05) is 81.4 Å². The Hall–Kier alpha value is -3.86. The number of amides is 2. The number of aromatic nitrogens is 3. The number of hydrogen-bond donors (Lipinski definition) is 0. The summed E-state index contributed by atoms with van der Waals surface area (Å²) in [5.74, 6) is 1.53. The molecule has 0 bridgehead atoms. The normalized spacial score (nSPS) is 16.3.